The lowest BCUT2D eigenvalue weighted by Crippen LogP contribution is -2.30. The monoisotopic (exact) mass is 306 g/mol. The Morgan fingerprint density at radius 2 is 1.86 bits per heavy atom. The van der Waals surface area contributed by atoms with Gasteiger partial charge in [-0.05, 0) is 31.2 Å². The van der Waals surface area contributed by atoms with Crippen molar-refractivity contribution in [2.75, 3.05) is 6.54 Å². The number of phenols is 1. The summed E-state index contributed by atoms with van der Waals surface area (Å²) >= 11 is 0. The van der Waals surface area contributed by atoms with Crippen LogP contribution in [0.25, 0.3) is 0 Å². The molecular formula is C15H18N2O3S. The SMILES string of the molecule is CCN(Cc1cccc(C)n1)S(=O)(=O)c1ccccc1O. The van der Waals surface area contributed by atoms with E-state index in [4.69, 9.17) is 0 Å². The van der Waals surface area contributed by atoms with Crippen LogP contribution in [0.1, 0.15) is 18.3 Å². The fraction of sp³-hybridized carbons (Fsp3) is 0.267. The predicted molar refractivity (Wildman–Crippen MR) is 80.4 cm³/mol. The standard InChI is InChI=1S/C15H18N2O3S/c1-3-17(11-13-8-6-7-12(2)16-13)21(19,20)15-10-5-4-9-14(15)18/h4-10,18H,3,11H2,1-2H3. The molecule has 2 aromatic rings. The predicted octanol–water partition coefficient (Wildman–Crippen LogP) is 2.31. The molecule has 0 unspecified atom stereocenters. The topological polar surface area (TPSA) is 70.5 Å². The molecule has 0 aliphatic carbocycles. The summed E-state index contributed by atoms with van der Waals surface area (Å²) in [5, 5.41) is 9.78. The first kappa shape index (κ1) is 15.5. The lowest BCUT2D eigenvalue weighted by molar-refractivity contribution is 0.409. The largest absolute Gasteiger partial charge is 0.507 e. The van der Waals surface area contributed by atoms with Crippen LogP contribution in [0.5, 0.6) is 5.75 Å². The van der Waals surface area contributed by atoms with Crippen LogP contribution in [0.4, 0.5) is 0 Å². The number of hydrogen-bond donors (Lipinski definition) is 1. The molecule has 0 spiro atoms. The Morgan fingerprint density at radius 3 is 2.48 bits per heavy atom. The van der Waals surface area contributed by atoms with E-state index in [1.54, 1.807) is 25.1 Å². The summed E-state index contributed by atoms with van der Waals surface area (Å²) in [6.45, 7) is 4.09. The highest BCUT2D eigenvalue weighted by Crippen LogP contribution is 2.25. The van der Waals surface area contributed by atoms with Gasteiger partial charge in [0.25, 0.3) is 0 Å². The van der Waals surface area contributed by atoms with Crippen molar-refractivity contribution in [2.45, 2.75) is 25.3 Å². The summed E-state index contributed by atoms with van der Waals surface area (Å²) in [5.41, 5.74) is 1.51. The minimum Gasteiger partial charge on any atom is -0.507 e. The molecule has 1 aromatic carbocycles. The van der Waals surface area contributed by atoms with Gasteiger partial charge < -0.3 is 5.11 Å². The van der Waals surface area contributed by atoms with Gasteiger partial charge in [0, 0.05) is 12.2 Å². The van der Waals surface area contributed by atoms with Crippen LogP contribution >= 0.6 is 0 Å². The fourth-order valence-electron chi connectivity index (χ4n) is 2.05. The van der Waals surface area contributed by atoms with Crippen LogP contribution in [0.3, 0.4) is 0 Å². The van der Waals surface area contributed by atoms with Crippen molar-refractivity contribution in [1.82, 2.24) is 9.29 Å². The second-order valence-corrected chi connectivity index (χ2v) is 6.58. The van der Waals surface area contributed by atoms with Gasteiger partial charge in [0.2, 0.25) is 10.0 Å². The summed E-state index contributed by atoms with van der Waals surface area (Å²) in [4.78, 5) is 4.24. The molecule has 2 rings (SSSR count). The third kappa shape index (κ3) is 3.40. The first-order valence-corrected chi connectivity index (χ1v) is 8.10. The maximum Gasteiger partial charge on any atom is 0.247 e. The van der Waals surface area contributed by atoms with Crippen molar-refractivity contribution >= 4 is 10.0 Å². The number of hydrogen-bond acceptors (Lipinski definition) is 4. The Balaban J connectivity index is 2.35. The average Bonchev–Trinajstić information content (AvgIpc) is 2.45. The molecule has 0 atom stereocenters. The Bertz CT molecular complexity index is 729. The number of aryl methyl sites for hydroxylation is 1. The zero-order valence-corrected chi connectivity index (χ0v) is 12.8. The highest BCUT2D eigenvalue weighted by molar-refractivity contribution is 7.89. The molecule has 0 aliphatic heterocycles. The lowest BCUT2D eigenvalue weighted by atomic mass is 10.3. The van der Waals surface area contributed by atoms with Gasteiger partial charge in [-0.1, -0.05) is 25.1 Å². The summed E-state index contributed by atoms with van der Waals surface area (Å²) < 4.78 is 26.5. The van der Waals surface area contributed by atoms with E-state index in [0.717, 1.165) is 5.69 Å². The molecule has 112 valence electrons. The Kier molecular flexibility index (Phi) is 4.59. The van der Waals surface area contributed by atoms with Gasteiger partial charge in [-0.3, -0.25) is 4.98 Å². The molecular weight excluding hydrogens is 288 g/mol. The fourth-order valence-corrected chi connectivity index (χ4v) is 3.55. The van der Waals surface area contributed by atoms with Crippen molar-refractivity contribution in [2.24, 2.45) is 0 Å². The molecule has 0 saturated heterocycles. The number of para-hydroxylation sites is 1. The van der Waals surface area contributed by atoms with Crippen LogP contribution in [0.2, 0.25) is 0 Å². The zero-order chi connectivity index (χ0) is 15.5. The van der Waals surface area contributed by atoms with Crippen molar-refractivity contribution < 1.29 is 13.5 Å². The number of phenolic OH excluding ortho intramolecular Hbond substituents is 1. The first-order chi connectivity index (χ1) is 9.95. The molecule has 0 amide bonds. The quantitative estimate of drug-likeness (QED) is 0.920. The van der Waals surface area contributed by atoms with Crippen LogP contribution < -0.4 is 0 Å². The maximum atomic E-state index is 12.6. The number of aromatic hydroxyl groups is 1. The molecule has 1 N–H and O–H groups in total. The second-order valence-electron chi connectivity index (χ2n) is 4.67. The first-order valence-electron chi connectivity index (χ1n) is 6.66. The molecule has 0 aliphatic rings. The minimum atomic E-state index is -3.75. The number of benzene rings is 1. The minimum absolute atomic E-state index is 0.0838. The van der Waals surface area contributed by atoms with E-state index in [1.807, 2.05) is 19.1 Å². The highest BCUT2D eigenvalue weighted by atomic mass is 32.2. The highest BCUT2D eigenvalue weighted by Gasteiger charge is 2.26. The van der Waals surface area contributed by atoms with Crippen LogP contribution in [-0.4, -0.2) is 29.4 Å². The normalized spacial score (nSPS) is 11.8. The number of sulfonamides is 1. The van der Waals surface area contributed by atoms with Gasteiger partial charge >= 0.3 is 0 Å². The molecule has 21 heavy (non-hydrogen) atoms. The van der Waals surface area contributed by atoms with Gasteiger partial charge in [0.1, 0.15) is 10.6 Å². The van der Waals surface area contributed by atoms with E-state index in [1.165, 1.54) is 16.4 Å². The third-order valence-electron chi connectivity index (χ3n) is 3.12. The maximum absolute atomic E-state index is 12.6. The number of pyridine rings is 1. The van der Waals surface area contributed by atoms with E-state index >= 15 is 0 Å². The van der Waals surface area contributed by atoms with E-state index in [2.05, 4.69) is 4.98 Å². The van der Waals surface area contributed by atoms with Crippen molar-refractivity contribution in [3.8, 4) is 5.75 Å². The van der Waals surface area contributed by atoms with Gasteiger partial charge in [-0.2, -0.15) is 4.31 Å². The lowest BCUT2D eigenvalue weighted by Gasteiger charge is -2.20. The van der Waals surface area contributed by atoms with Crippen LogP contribution in [0.15, 0.2) is 47.4 Å². The molecule has 0 saturated carbocycles. The summed E-state index contributed by atoms with van der Waals surface area (Å²) in [6, 6.07) is 11.4. The van der Waals surface area contributed by atoms with Crippen molar-refractivity contribution in [3.05, 3.63) is 53.9 Å². The van der Waals surface area contributed by atoms with Gasteiger partial charge in [-0.25, -0.2) is 8.42 Å². The summed E-state index contributed by atoms with van der Waals surface area (Å²) in [5.74, 6) is -0.242. The number of rotatable bonds is 5. The molecule has 1 aromatic heterocycles. The van der Waals surface area contributed by atoms with Gasteiger partial charge in [-0.15, -0.1) is 0 Å². The number of aromatic nitrogens is 1. The molecule has 0 fully saturated rings. The van der Waals surface area contributed by atoms with Gasteiger partial charge in [0.05, 0.1) is 12.2 Å². The Morgan fingerprint density at radius 1 is 1.14 bits per heavy atom. The summed E-state index contributed by atoms with van der Waals surface area (Å²) in [7, 11) is -3.75. The molecule has 6 heteroatoms. The molecule has 0 bridgehead atoms. The van der Waals surface area contributed by atoms with E-state index < -0.39 is 10.0 Å². The average molecular weight is 306 g/mol. The van der Waals surface area contributed by atoms with E-state index in [0.29, 0.717) is 12.2 Å². The Labute approximate surface area is 124 Å². The van der Waals surface area contributed by atoms with Gasteiger partial charge in [0.15, 0.2) is 0 Å². The zero-order valence-electron chi connectivity index (χ0n) is 12.0. The third-order valence-corrected chi connectivity index (χ3v) is 5.09. The summed E-state index contributed by atoms with van der Waals surface area (Å²) in [6.07, 6.45) is 0. The van der Waals surface area contributed by atoms with E-state index in [9.17, 15) is 13.5 Å². The van der Waals surface area contributed by atoms with Crippen LogP contribution in [0, 0.1) is 6.92 Å². The smallest absolute Gasteiger partial charge is 0.247 e. The Hall–Kier alpha value is -1.92. The number of nitrogens with zero attached hydrogens (tertiary/aromatic N) is 2. The molecule has 5 nitrogen and oxygen atoms in total. The van der Waals surface area contributed by atoms with Crippen LogP contribution in [-0.2, 0) is 16.6 Å². The molecule has 0 radical (unpaired) electrons. The second kappa shape index (κ2) is 6.24. The van der Waals surface area contributed by atoms with Crippen molar-refractivity contribution in [1.29, 1.82) is 0 Å². The molecule has 1 heterocycles. The van der Waals surface area contributed by atoms with E-state index in [-0.39, 0.29) is 17.2 Å². The van der Waals surface area contributed by atoms with Crippen molar-refractivity contribution in [3.63, 3.8) is 0 Å².